The number of nitrogens with zero attached hydrogens (tertiary/aromatic N) is 2. The van der Waals surface area contributed by atoms with E-state index in [1.54, 1.807) is 0 Å². The lowest BCUT2D eigenvalue weighted by Crippen LogP contribution is -2.35. The summed E-state index contributed by atoms with van der Waals surface area (Å²) in [6, 6.07) is 15.5. The monoisotopic (exact) mass is 388 g/mol. The first-order valence-corrected chi connectivity index (χ1v) is 8.95. The van der Waals surface area contributed by atoms with E-state index in [2.05, 4.69) is 0 Å². The van der Waals surface area contributed by atoms with Crippen molar-refractivity contribution in [3.8, 4) is 5.75 Å². The van der Waals surface area contributed by atoms with Crippen LogP contribution in [-0.4, -0.2) is 40.2 Å². The first kappa shape index (κ1) is 19.7. The Morgan fingerprint density at radius 3 is 2.61 bits per heavy atom. The van der Waals surface area contributed by atoms with Crippen LogP contribution >= 0.6 is 0 Å². The number of benzene rings is 2. The Labute approximate surface area is 161 Å². The fourth-order valence-corrected chi connectivity index (χ4v) is 3.24. The van der Waals surface area contributed by atoms with Gasteiger partial charge in [-0.05, 0) is 29.7 Å². The van der Waals surface area contributed by atoms with Crippen LogP contribution in [0.25, 0.3) is 10.9 Å². The topological polar surface area (TPSA) is 54.7 Å². The van der Waals surface area contributed by atoms with Crippen LogP contribution in [-0.2, 0) is 20.1 Å². The second kappa shape index (κ2) is 8.73. The zero-order valence-corrected chi connectivity index (χ0v) is 15.5. The predicted octanol–water partition coefficient (Wildman–Crippen LogP) is 4.54. The van der Waals surface area contributed by atoms with Gasteiger partial charge >= 0.3 is 6.09 Å². The summed E-state index contributed by atoms with van der Waals surface area (Å²) in [7, 11) is 1.89. The third-order valence-electron chi connectivity index (χ3n) is 4.57. The van der Waals surface area contributed by atoms with Crippen LogP contribution in [0, 0.1) is 0 Å². The number of aromatic nitrogens is 1. The minimum Gasteiger partial charge on any atom is -0.488 e. The fraction of sp³-hybridized carbons (Fsp3) is 0.286. The van der Waals surface area contributed by atoms with Gasteiger partial charge < -0.3 is 19.3 Å². The van der Waals surface area contributed by atoms with Gasteiger partial charge in [-0.25, -0.2) is 13.6 Å². The SMILES string of the molecule is Cn1cc(CCN(CC(F)F)C(=O)O)c2c(OCc3ccccc3)cccc21. The molecular weight excluding hydrogens is 366 g/mol. The van der Waals surface area contributed by atoms with Crippen LogP contribution in [0.2, 0.25) is 0 Å². The summed E-state index contributed by atoms with van der Waals surface area (Å²) >= 11 is 0. The molecule has 1 heterocycles. The predicted molar refractivity (Wildman–Crippen MR) is 103 cm³/mol. The van der Waals surface area contributed by atoms with E-state index in [0.717, 1.165) is 26.9 Å². The summed E-state index contributed by atoms with van der Waals surface area (Å²) < 4.78 is 33.2. The molecule has 2 aromatic carbocycles. The largest absolute Gasteiger partial charge is 0.488 e. The Kier molecular flexibility index (Phi) is 6.13. The number of ether oxygens (including phenoxy) is 1. The van der Waals surface area contributed by atoms with E-state index in [9.17, 15) is 13.6 Å². The normalized spacial score (nSPS) is 11.1. The Hall–Kier alpha value is -3.09. The molecule has 0 bridgehead atoms. The molecule has 0 aliphatic rings. The molecule has 0 unspecified atom stereocenters. The summed E-state index contributed by atoms with van der Waals surface area (Å²) in [4.78, 5) is 12.0. The number of rotatable bonds is 8. The lowest BCUT2D eigenvalue weighted by atomic mass is 10.1. The minimum atomic E-state index is -2.70. The van der Waals surface area contributed by atoms with E-state index < -0.39 is 19.1 Å². The number of hydrogen-bond acceptors (Lipinski definition) is 2. The third-order valence-corrected chi connectivity index (χ3v) is 4.57. The van der Waals surface area contributed by atoms with Crippen molar-refractivity contribution in [3.63, 3.8) is 0 Å². The lowest BCUT2D eigenvalue weighted by molar-refractivity contribution is 0.0803. The maximum atomic E-state index is 12.6. The van der Waals surface area contributed by atoms with Crippen molar-refractivity contribution >= 4 is 17.0 Å². The van der Waals surface area contributed by atoms with Crippen LogP contribution < -0.4 is 4.74 Å². The molecule has 0 radical (unpaired) electrons. The summed E-state index contributed by atoms with van der Waals surface area (Å²) in [6.45, 7) is -0.399. The fourth-order valence-electron chi connectivity index (χ4n) is 3.24. The number of alkyl halides is 2. The van der Waals surface area contributed by atoms with Crippen LogP contribution in [0.4, 0.5) is 13.6 Å². The zero-order chi connectivity index (χ0) is 20.1. The van der Waals surface area contributed by atoms with Gasteiger partial charge in [0, 0.05) is 25.2 Å². The molecule has 0 spiro atoms. The lowest BCUT2D eigenvalue weighted by Gasteiger charge is -2.18. The number of aryl methyl sites for hydroxylation is 1. The van der Waals surface area contributed by atoms with E-state index in [1.807, 2.05) is 66.3 Å². The molecule has 0 aliphatic heterocycles. The number of carboxylic acid groups (broad SMARTS) is 1. The minimum absolute atomic E-state index is 0.00813. The van der Waals surface area contributed by atoms with Gasteiger partial charge in [-0.15, -0.1) is 0 Å². The highest BCUT2D eigenvalue weighted by molar-refractivity contribution is 5.90. The van der Waals surface area contributed by atoms with Crippen molar-refractivity contribution in [2.24, 2.45) is 7.05 Å². The Balaban J connectivity index is 1.83. The van der Waals surface area contributed by atoms with Crippen LogP contribution in [0.1, 0.15) is 11.1 Å². The maximum absolute atomic E-state index is 12.6. The summed E-state index contributed by atoms with van der Waals surface area (Å²) in [6.07, 6.45) is -1.83. The molecule has 0 atom stereocenters. The van der Waals surface area contributed by atoms with Gasteiger partial charge in [0.05, 0.1) is 12.1 Å². The first-order chi connectivity index (χ1) is 13.5. The zero-order valence-electron chi connectivity index (χ0n) is 15.5. The van der Waals surface area contributed by atoms with Gasteiger partial charge in [-0.2, -0.15) is 0 Å². The average molecular weight is 388 g/mol. The number of fused-ring (bicyclic) bond motifs is 1. The van der Waals surface area contributed by atoms with Crippen molar-refractivity contribution in [2.45, 2.75) is 19.5 Å². The van der Waals surface area contributed by atoms with Gasteiger partial charge in [-0.3, -0.25) is 0 Å². The highest BCUT2D eigenvalue weighted by Gasteiger charge is 2.19. The second-order valence-corrected chi connectivity index (χ2v) is 6.56. The Morgan fingerprint density at radius 1 is 1.18 bits per heavy atom. The van der Waals surface area contributed by atoms with Gasteiger partial charge in [0.1, 0.15) is 12.4 Å². The molecule has 7 heteroatoms. The molecule has 3 rings (SSSR count). The van der Waals surface area contributed by atoms with Crippen molar-refractivity contribution < 1.29 is 23.4 Å². The van der Waals surface area contributed by atoms with Gasteiger partial charge in [-0.1, -0.05) is 36.4 Å². The van der Waals surface area contributed by atoms with Crippen molar-refractivity contribution in [2.75, 3.05) is 13.1 Å². The smallest absolute Gasteiger partial charge is 0.407 e. The van der Waals surface area contributed by atoms with Crippen molar-refractivity contribution in [1.29, 1.82) is 0 Å². The number of carbonyl (C=O) groups is 1. The second-order valence-electron chi connectivity index (χ2n) is 6.56. The average Bonchev–Trinajstić information content (AvgIpc) is 3.00. The van der Waals surface area contributed by atoms with Crippen LogP contribution in [0.3, 0.4) is 0 Å². The van der Waals surface area contributed by atoms with E-state index in [0.29, 0.717) is 18.8 Å². The molecule has 1 aromatic heterocycles. The molecule has 28 heavy (non-hydrogen) atoms. The summed E-state index contributed by atoms with van der Waals surface area (Å²) in [5, 5.41) is 10.0. The third kappa shape index (κ3) is 4.60. The molecule has 1 amide bonds. The Bertz CT molecular complexity index is 941. The van der Waals surface area contributed by atoms with E-state index in [1.165, 1.54) is 0 Å². The molecule has 0 saturated heterocycles. The molecule has 0 fully saturated rings. The van der Waals surface area contributed by atoms with E-state index in [4.69, 9.17) is 9.84 Å². The molecular formula is C21H22F2N2O3. The summed E-state index contributed by atoms with van der Waals surface area (Å²) in [5.74, 6) is 0.688. The van der Waals surface area contributed by atoms with Crippen LogP contribution in [0.15, 0.2) is 54.7 Å². The molecule has 1 N–H and O–H groups in total. The number of hydrogen-bond donors (Lipinski definition) is 1. The van der Waals surface area contributed by atoms with Gasteiger partial charge in [0.25, 0.3) is 6.43 Å². The molecule has 0 saturated carbocycles. The molecule has 3 aromatic rings. The molecule has 5 nitrogen and oxygen atoms in total. The number of amides is 1. The summed E-state index contributed by atoms with van der Waals surface area (Å²) in [5.41, 5.74) is 2.84. The molecule has 0 aliphatic carbocycles. The number of halogens is 2. The first-order valence-electron chi connectivity index (χ1n) is 8.95. The highest BCUT2D eigenvalue weighted by atomic mass is 19.3. The van der Waals surface area contributed by atoms with Crippen molar-refractivity contribution in [1.82, 2.24) is 9.47 Å². The van der Waals surface area contributed by atoms with E-state index >= 15 is 0 Å². The van der Waals surface area contributed by atoms with Crippen molar-refractivity contribution in [3.05, 3.63) is 65.9 Å². The van der Waals surface area contributed by atoms with Crippen LogP contribution in [0.5, 0.6) is 5.75 Å². The maximum Gasteiger partial charge on any atom is 0.407 e. The van der Waals surface area contributed by atoms with Gasteiger partial charge in [0.2, 0.25) is 0 Å². The van der Waals surface area contributed by atoms with E-state index in [-0.39, 0.29) is 6.54 Å². The Morgan fingerprint density at radius 2 is 1.93 bits per heavy atom. The van der Waals surface area contributed by atoms with Gasteiger partial charge in [0.15, 0.2) is 0 Å². The highest BCUT2D eigenvalue weighted by Crippen LogP contribution is 2.31. The standard InChI is InChI=1S/C21H22F2N2O3/c1-24-12-16(10-11-25(21(26)27)13-19(22)23)20-17(24)8-5-9-18(20)28-14-15-6-3-2-4-7-15/h2-9,12,19H,10-11,13-14H2,1H3,(H,26,27). The molecule has 148 valence electrons. The quantitative estimate of drug-likeness (QED) is 0.616.